The zero-order valence-corrected chi connectivity index (χ0v) is 16.2. The second-order valence-corrected chi connectivity index (χ2v) is 7.50. The quantitative estimate of drug-likeness (QED) is 0.695. The minimum atomic E-state index is -0.710. The molecule has 1 aromatic carbocycles. The molecule has 0 spiro atoms. The third-order valence-corrected chi connectivity index (χ3v) is 5.32. The van der Waals surface area contributed by atoms with E-state index in [9.17, 15) is 14.7 Å². The Labute approximate surface area is 168 Å². The molecule has 0 saturated heterocycles. The Hall–Kier alpha value is -2.97. The van der Waals surface area contributed by atoms with E-state index in [1.54, 1.807) is 6.92 Å². The van der Waals surface area contributed by atoms with Crippen LogP contribution in [0.3, 0.4) is 0 Å². The van der Waals surface area contributed by atoms with E-state index in [0.29, 0.717) is 23.7 Å². The van der Waals surface area contributed by atoms with E-state index in [1.165, 1.54) is 23.4 Å². The first-order chi connectivity index (χ1) is 14.0. The molecule has 8 heteroatoms. The first-order valence-corrected chi connectivity index (χ1v) is 9.70. The average molecular weight is 396 g/mol. The summed E-state index contributed by atoms with van der Waals surface area (Å²) in [6.07, 6.45) is 1.64. The summed E-state index contributed by atoms with van der Waals surface area (Å²) in [4.78, 5) is 30.3. The van der Waals surface area contributed by atoms with Crippen molar-refractivity contribution in [3.63, 3.8) is 0 Å². The van der Waals surface area contributed by atoms with Crippen LogP contribution in [0.4, 0.5) is 5.69 Å². The summed E-state index contributed by atoms with van der Waals surface area (Å²) in [5.41, 5.74) is 3.30. The van der Waals surface area contributed by atoms with Gasteiger partial charge in [-0.25, -0.2) is 4.98 Å². The largest absolute Gasteiger partial charge is 0.466 e. The maximum absolute atomic E-state index is 12.6. The fraction of sp³-hybridized carbons (Fsp3) is 0.381. The van der Waals surface area contributed by atoms with Gasteiger partial charge in [0.2, 0.25) is 5.88 Å². The van der Waals surface area contributed by atoms with Crippen LogP contribution >= 0.6 is 0 Å². The molecule has 0 bridgehead atoms. The third kappa shape index (κ3) is 4.38. The first-order valence-electron chi connectivity index (χ1n) is 9.70. The van der Waals surface area contributed by atoms with Crippen LogP contribution in [0, 0.1) is 0 Å². The second kappa shape index (κ2) is 8.18. The number of carbonyl (C=O) groups is 2. The highest BCUT2D eigenvalue weighted by molar-refractivity contribution is 5.99. The molecule has 8 nitrogen and oxygen atoms in total. The fourth-order valence-corrected chi connectivity index (χ4v) is 3.62. The number of rotatable bonds is 5. The molecule has 0 aliphatic carbocycles. The zero-order valence-electron chi connectivity index (χ0n) is 16.2. The molecule has 3 heterocycles. The number of aliphatic hydroxyl groups excluding tert-OH is 1. The van der Waals surface area contributed by atoms with Crippen LogP contribution in [0.1, 0.15) is 28.4 Å². The number of ether oxygens (including phenoxy) is 1. The van der Waals surface area contributed by atoms with Gasteiger partial charge in [-0.2, -0.15) is 0 Å². The molecule has 152 valence electrons. The Morgan fingerprint density at radius 2 is 2.17 bits per heavy atom. The van der Waals surface area contributed by atoms with Crippen LogP contribution in [0.15, 0.2) is 36.5 Å². The Balaban J connectivity index is 1.34. The summed E-state index contributed by atoms with van der Waals surface area (Å²) >= 11 is 0. The van der Waals surface area contributed by atoms with E-state index < -0.39 is 12.1 Å². The predicted molar refractivity (Wildman–Crippen MR) is 107 cm³/mol. The summed E-state index contributed by atoms with van der Waals surface area (Å²) in [7, 11) is 0. The van der Waals surface area contributed by atoms with E-state index in [2.05, 4.69) is 32.7 Å². The fourth-order valence-electron chi connectivity index (χ4n) is 3.62. The molecule has 29 heavy (non-hydrogen) atoms. The van der Waals surface area contributed by atoms with Crippen LogP contribution in [-0.4, -0.2) is 58.6 Å². The molecule has 0 unspecified atom stereocenters. The number of β-amino-alcohol motifs (C(OH)–C–C–N with tert-alkyl or cyclic N) is 1. The highest BCUT2D eigenvalue weighted by atomic mass is 16.5. The monoisotopic (exact) mass is 396 g/mol. The van der Waals surface area contributed by atoms with E-state index in [1.807, 2.05) is 12.1 Å². The van der Waals surface area contributed by atoms with Crippen LogP contribution < -0.4 is 15.4 Å². The smallest absolute Gasteiger partial charge is 0.262 e. The maximum Gasteiger partial charge on any atom is 0.262 e. The van der Waals surface area contributed by atoms with Crippen molar-refractivity contribution >= 4 is 17.5 Å². The molecule has 2 aromatic rings. The van der Waals surface area contributed by atoms with Crippen molar-refractivity contribution in [3.8, 4) is 5.88 Å². The molecule has 0 fully saturated rings. The third-order valence-electron chi connectivity index (χ3n) is 5.32. The zero-order chi connectivity index (χ0) is 20.4. The maximum atomic E-state index is 12.6. The van der Waals surface area contributed by atoms with Gasteiger partial charge >= 0.3 is 0 Å². The number of aromatic nitrogens is 1. The number of fused-ring (bicyclic) bond motifs is 2. The van der Waals surface area contributed by atoms with Gasteiger partial charge in [-0.1, -0.05) is 24.3 Å². The number of hydrogen-bond donors (Lipinski definition) is 3. The number of amides is 2. The van der Waals surface area contributed by atoms with E-state index >= 15 is 0 Å². The van der Waals surface area contributed by atoms with Crippen LogP contribution in [0.2, 0.25) is 0 Å². The van der Waals surface area contributed by atoms with Crippen LogP contribution in [0.5, 0.6) is 5.88 Å². The predicted octanol–water partition coefficient (Wildman–Crippen LogP) is 0.950. The first kappa shape index (κ1) is 19.4. The summed E-state index contributed by atoms with van der Waals surface area (Å²) in [6.45, 7) is 3.83. The van der Waals surface area contributed by atoms with E-state index in [4.69, 9.17) is 4.74 Å². The number of nitrogens with one attached hydrogen (secondary N) is 2. The summed E-state index contributed by atoms with van der Waals surface area (Å²) in [5, 5.41) is 16.0. The Bertz CT molecular complexity index is 933. The summed E-state index contributed by atoms with van der Waals surface area (Å²) in [6, 6.07) is 9.42. The van der Waals surface area contributed by atoms with Crippen molar-refractivity contribution in [3.05, 3.63) is 53.2 Å². The number of aliphatic hydroxyl groups is 1. The Morgan fingerprint density at radius 1 is 1.38 bits per heavy atom. The van der Waals surface area contributed by atoms with Gasteiger partial charge in [0.05, 0.1) is 17.7 Å². The molecule has 2 atom stereocenters. The minimum absolute atomic E-state index is 0.0876. The lowest BCUT2D eigenvalue weighted by Gasteiger charge is -2.32. The van der Waals surface area contributed by atoms with Crippen molar-refractivity contribution < 1.29 is 19.4 Å². The lowest BCUT2D eigenvalue weighted by molar-refractivity contribution is -0.118. The molecular formula is C21H24N4O4. The van der Waals surface area contributed by atoms with Gasteiger partial charge in [-0.05, 0) is 30.5 Å². The molecular weight excluding hydrogens is 372 g/mol. The summed E-state index contributed by atoms with van der Waals surface area (Å²) < 4.78 is 5.20. The SMILES string of the molecule is C[C@@H](NC(=O)c1cnc2c(c1)NC(=O)CO2)[C@@H](O)CN1CCc2ccccc2C1. The molecule has 3 N–H and O–H groups in total. The number of benzene rings is 1. The Morgan fingerprint density at radius 3 is 3.00 bits per heavy atom. The van der Waals surface area contributed by atoms with E-state index in [-0.39, 0.29) is 18.4 Å². The standard InChI is InChI=1S/C21H24N4O4/c1-13(18(26)11-25-7-6-14-4-2-3-5-15(14)10-25)23-20(28)16-8-17-21(22-9-16)29-12-19(27)24-17/h2-5,8-9,13,18,26H,6-7,10-12H2,1H3,(H,23,28)(H,24,27)/t13-,18+/m1/s1. The number of nitrogens with zero attached hydrogens (tertiary/aromatic N) is 2. The van der Waals surface area contributed by atoms with Gasteiger partial charge in [0.15, 0.2) is 6.61 Å². The van der Waals surface area contributed by atoms with Gasteiger partial charge in [0, 0.05) is 25.8 Å². The van der Waals surface area contributed by atoms with Gasteiger partial charge in [0.25, 0.3) is 11.8 Å². The molecule has 0 radical (unpaired) electrons. The minimum Gasteiger partial charge on any atom is -0.466 e. The highest BCUT2D eigenvalue weighted by Crippen LogP contribution is 2.25. The molecule has 1 aromatic heterocycles. The highest BCUT2D eigenvalue weighted by Gasteiger charge is 2.24. The van der Waals surface area contributed by atoms with Crippen molar-refractivity contribution in [1.29, 1.82) is 0 Å². The molecule has 0 saturated carbocycles. The van der Waals surface area contributed by atoms with Crippen molar-refractivity contribution in [2.75, 3.05) is 25.0 Å². The lowest BCUT2D eigenvalue weighted by Crippen LogP contribution is -2.47. The number of anilines is 1. The number of carbonyl (C=O) groups excluding carboxylic acids is 2. The molecule has 2 aliphatic rings. The van der Waals surface area contributed by atoms with Crippen molar-refractivity contribution in [1.82, 2.24) is 15.2 Å². The van der Waals surface area contributed by atoms with Crippen molar-refractivity contribution in [2.24, 2.45) is 0 Å². The summed E-state index contributed by atoms with van der Waals surface area (Å²) in [5.74, 6) is -0.362. The van der Waals surface area contributed by atoms with Crippen molar-refractivity contribution in [2.45, 2.75) is 32.0 Å². The van der Waals surface area contributed by atoms with E-state index in [0.717, 1.165) is 19.5 Å². The second-order valence-electron chi connectivity index (χ2n) is 7.50. The average Bonchev–Trinajstić information content (AvgIpc) is 2.73. The van der Waals surface area contributed by atoms with Gasteiger partial charge in [-0.15, -0.1) is 0 Å². The topological polar surface area (TPSA) is 104 Å². The lowest BCUT2D eigenvalue weighted by atomic mass is 9.99. The number of hydrogen-bond acceptors (Lipinski definition) is 6. The van der Waals surface area contributed by atoms with Gasteiger partial charge in [-0.3, -0.25) is 14.5 Å². The number of pyridine rings is 1. The Kier molecular flexibility index (Phi) is 5.46. The molecule has 2 amide bonds. The molecule has 4 rings (SSSR count). The van der Waals surface area contributed by atoms with Gasteiger partial charge in [0.1, 0.15) is 5.69 Å². The van der Waals surface area contributed by atoms with Crippen LogP contribution in [0.25, 0.3) is 0 Å². The normalized spacial score (nSPS) is 17.9. The van der Waals surface area contributed by atoms with Gasteiger partial charge < -0.3 is 20.5 Å². The van der Waals surface area contributed by atoms with Crippen LogP contribution in [-0.2, 0) is 17.8 Å². The molecule has 2 aliphatic heterocycles.